The van der Waals surface area contributed by atoms with Gasteiger partial charge < -0.3 is 11.1 Å². The van der Waals surface area contributed by atoms with E-state index in [9.17, 15) is 9.18 Å². The summed E-state index contributed by atoms with van der Waals surface area (Å²) in [6.45, 7) is 1.89. The lowest BCUT2D eigenvalue weighted by atomic mass is 10.1. The van der Waals surface area contributed by atoms with Crippen LogP contribution < -0.4 is 11.1 Å². The number of carbonyl (C=O) groups excluding carboxylic acids is 1. The molecule has 1 amide bonds. The summed E-state index contributed by atoms with van der Waals surface area (Å²) >= 11 is 3.36. The van der Waals surface area contributed by atoms with Crippen molar-refractivity contribution in [1.82, 2.24) is 0 Å². The maximum atomic E-state index is 13.2. The fourth-order valence-electron chi connectivity index (χ4n) is 1.71. The largest absolute Gasteiger partial charge is 0.399 e. The van der Waals surface area contributed by atoms with Gasteiger partial charge in [-0.25, -0.2) is 4.39 Å². The zero-order valence-corrected chi connectivity index (χ0v) is 11.8. The Morgan fingerprint density at radius 3 is 2.74 bits per heavy atom. The van der Waals surface area contributed by atoms with Gasteiger partial charge in [-0.15, -0.1) is 0 Å². The Balaban J connectivity index is 2.28. The first kappa shape index (κ1) is 13.5. The average molecular weight is 323 g/mol. The number of nitrogens with two attached hydrogens (primary N) is 1. The fraction of sp³-hybridized carbons (Fsp3) is 0.0714. The minimum absolute atomic E-state index is 0.263. The van der Waals surface area contributed by atoms with Crippen LogP contribution in [0.3, 0.4) is 0 Å². The van der Waals surface area contributed by atoms with Gasteiger partial charge in [-0.3, -0.25) is 4.79 Å². The first-order valence-electron chi connectivity index (χ1n) is 5.60. The van der Waals surface area contributed by atoms with Crippen LogP contribution in [0.2, 0.25) is 0 Å². The van der Waals surface area contributed by atoms with E-state index in [1.165, 1.54) is 18.2 Å². The summed E-state index contributed by atoms with van der Waals surface area (Å²) in [7, 11) is 0. The lowest BCUT2D eigenvalue weighted by Crippen LogP contribution is -2.13. The zero-order chi connectivity index (χ0) is 14.0. The van der Waals surface area contributed by atoms with Crippen LogP contribution in [0.25, 0.3) is 0 Å². The second kappa shape index (κ2) is 5.40. The van der Waals surface area contributed by atoms with Crippen molar-refractivity contribution in [2.75, 3.05) is 11.1 Å². The Kier molecular flexibility index (Phi) is 3.85. The van der Waals surface area contributed by atoms with Crippen molar-refractivity contribution in [2.24, 2.45) is 0 Å². The summed E-state index contributed by atoms with van der Waals surface area (Å²) in [4.78, 5) is 12.1. The SMILES string of the molecule is Cc1cccc(C(=O)Nc2cc(N)cc(F)c2)c1Br. The molecule has 0 aliphatic carbocycles. The molecule has 0 radical (unpaired) electrons. The average Bonchev–Trinajstić information content (AvgIpc) is 2.31. The third kappa shape index (κ3) is 3.12. The van der Waals surface area contributed by atoms with Crippen LogP contribution in [0.4, 0.5) is 15.8 Å². The third-order valence-corrected chi connectivity index (χ3v) is 3.67. The summed E-state index contributed by atoms with van der Waals surface area (Å²) in [5.74, 6) is -0.806. The fourth-order valence-corrected chi connectivity index (χ4v) is 2.15. The molecule has 0 bridgehead atoms. The van der Waals surface area contributed by atoms with E-state index in [0.717, 1.165) is 10.0 Å². The molecule has 2 aromatic carbocycles. The van der Waals surface area contributed by atoms with Gasteiger partial charge in [0.2, 0.25) is 0 Å². The highest BCUT2D eigenvalue weighted by Crippen LogP contribution is 2.23. The van der Waals surface area contributed by atoms with E-state index in [0.29, 0.717) is 11.3 Å². The molecule has 19 heavy (non-hydrogen) atoms. The molecule has 0 saturated carbocycles. The Hall–Kier alpha value is -1.88. The molecule has 0 unspecified atom stereocenters. The number of carbonyl (C=O) groups is 1. The predicted octanol–water partition coefficient (Wildman–Crippen LogP) is 3.73. The summed E-state index contributed by atoms with van der Waals surface area (Å²) in [6, 6.07) is 9.28. The van der Waals surface area contributed by atoms with Crippen LogP contribution in [-0.4, -0.2) is 5.91 Å². The minimum Gasteiger partial charge on any atom is -0.399 e. The summed E-state index contributed by atoms with van der Waals surface area (Å²) < 4.78 is 13.9. The number of hydrogen-bond acceptors (Lipinski definition) is 2. The van der Waals surface area contributed by atoms with Crippen molar-refractivity contribution in [3.05, 3.63) is 57.8 Å². The minimum atomic E-state index is -0.487. The monoisotopic (exact) mass is 322 g/mol. The number of aryl methyl sites for hydroxylation is 1. The molecule has 0 aromatic heterocycles. The van der Waals surface area contributed by atoms with Gasteiger partial charge >= 0.3 is 0 Å². The number of hydrogen-bond donors (Lipinski definition) is 2. The summed E-state index contributed by atoms with van der Waals surface area (Å²) in [6.07, 6.45) is 0. The highest BCUT2D eigenvalue weighted by atomic mass is 79.9. The van der Waals surface area contributed by atoms with Crippen LogP contribution in [0.1, 0.15) is 15.9 Å². The third-order valence-electron chi connectivity index (χ3n) is 2.61. The van der Waals surface area contributed by atoms with E-state index < -0.39 is 5.82 Å². The molecule has 0 heterocycles. The Bertz CT molecular complexity index is 623. The molecule has 0 aliphatic heterocycles. The van der Waals surface area contributed by atoms with Gasteiger partial charge in [-0.1, -0.05) is 12.1 Å². The maximum Gasteiger partial charge on any atom is 0.256 e. The maximum absolute atomic E-state index is 13.2. The van der Waals surface area contributed by atoms with E-state index in [1.54, 1.807) is 12.1 Å². The standard InChI is InChI=1S/C14H12BrFN2O/c1-8-3-2-4-12(13(8)15)14(19)18-11-6-9(16)5-10(17)7-11/h2-7H,17H2,1H3,(H,18,19). The van der Waals surface area contributed by atoms with E-state index in [1.807, 2.05) is 13.0 Å². The molecule has 2 aromatic rings. The lowest BCUT2D eigenvalue weighted by molar-refractivity contribution is 0.102. The molecule has 3 nitrogen and oxygen atoms in total. The highest BCUT2D eigenvalue weighted by Gasteiger charge is 2.12. The van der Waals surface area contributed by atoms with Crippen molar-refractivity contribution in [3.8, 4) is 0 Å². The first-order valence-corrected chi connectivity index (χ1v) is 6.39. The second-order valence-electron chi connectivity index (χ2n) is 4.16. The molecular formula is C14H12BrFN2O. The Morgan fingerprint density at radius 2 is 2.05 bits per heavy atom. The molecule has 0 atom stereocenters. The van der Waals surface area contributed by atoms with Crippen molar-refractivity contribution < 1.29 is 9.18 Å². The van der Waals surface area contributed by atoms with Crippen LogP contribution in [0, 0.1) is 12.7 Å². The number of halogens is 2. The van der Waals surface area contributed by atoms with Crippen LogP contribution in [-0.2, 0) is 0 Å². The quantitative estimate of drug-likeness (QED) is 0.828. The number of rotatable bonds is 2. The van der Waals surface area contributed by atoms with Crippen LogP contribution in [0.5, 0.6) is 0 Å². The highest BCUT2D eigenvalue weighted by molar-refractivity contribution is 9.10. The van der Waals surface area contributed by atoms with Crippen molar-refractivity contribution in [1.29, 1.82) is 0 Å². The molecule has 2 rings (SSSR count). The van der Waals surface area contributed by atoms with Gasteiger partial charge in [0.1, 0.15) is 5.82 Å². The van der Waals surface area contributed by atoms with Crippen molar-refractivity contribution >= 4 is 33.2 Å². The van der Waals surface area contributed by atoms with Gasteiger partial charge in [-0.2, -0.15) is 0 Å². The van der Waals surface area contributed by atoms with Gasteiger partial charge in [0, 0.05) is 15.8 Å². The van der Waals surface area contributed by atoms with E-state index in [2.05, 4.69) is 21.2 Å². The van der Waals surface area contributed by atoms with Gasteiger partial charge in [0.15, 0.2) is 0 Å². The zero-order valence-electron chi connectivity index (χ0n) is 10.2. The molecule has 0 aliphatic rings. The molecule has 0 fully saturated rings. The lowest BCUT2D eigenvalue weighted by Gasteiger charge is -2.09. The number of amides is 1. The van der Waals surface area contributed by atoms with Crippen molar-refractivity contribution in [2.45, 2.75) is 6.92 Å². The van der Waals surface area contributed by atoms with Gasteiger partial charge in [0.25, 0.3) is 5.91 Å². The summed E-state index contributed by atoms with van der Waals surface area (Å²) in [5, 5.41) is 2.62. The van der Waals surface area contributed by atoms with Gasteiger partial charge in [-0.05, 0) is 52.7 Å². The van der Waals surface area contributed by atoms with E-state index >= 15 is 0 Å². The first-order chi connectivity index (χ1) is 8.97. The van der Waals surface area contributed by atoms with Gasteiger partial charge in [0.05, 0.1) is 5.56 Å². The predicted molar refractivity (Wildman–Crippen MR) is 77.6 cm³/mol. The Labute approximate surface area is 118 Å². The molecule has 3 N–H and O–H groups in total. The van der Waals surface area contributed by atoms with E-state index in [4.69, 9.17) is 5.73 Å². The topological polar surface area (TPSA) is 55.1 Å². The van der Waals surface area contributed by atoms with E-state index in [-0.39, 0.29) is 11.6 Å². The van der Waals surface area contributed by atoms with Crippen molar-refractivity contribution in [3.63, 3.8) is 0 Å². The normalized spacial score (nSPS) is 10.3. The summed E-state index contributed by atoms with van der Waals surface area (Å²) in [5.41, 5.74) is 7.56. The molecular weight excluding hydrogens is 311 g/mol. The molecule has 5 heteroatoms. The number of nitrogens with one attached hydrogen (secondary N) is 1. The second-order valence-corrected chi connectivity index (χ2v) is 4.96. The number of benzene rings is 2. The smallest absolute Gasteiger partial charge is 0.256 e. The molecule has 0 saturated heterocycles. The number of anilines is 2. The van der Waals surface area contributed by atoms with Crippen LogP contribution >= 0.6 is 15.9 Å². The Morgan fingerprint density at radius 1 is 1.32 bits per heavy atom. The molecule has 98 valence electrons. The number of nitrogen functional groups attached to an aromatic ring is 1. The van der Waals surface area contributed by atoms with Crippen LogP contribution in [0.15, 0.2) is 40.9 Å². The molecule has 0 spiro atoms.